The summed E-state index contributed by atoms with van der Waals surface area (Å²) in [6.45, 7) is 3.67. The van der Waals surface area contributed by atoms with Gasteiger partial charge in [0.05, 0.1) is 5.56 Å². The van der Waals surface area contributed by atoms with Gasteiger partial charge in [0.1, 0.15) is 11.6 Å². The largest absolute Gasteiger partial charge is 0.507 e. The Morgan fingerprint density at radius 2 is 2.08 bits per heavy atom. The molecule has 0 aliphatic rings. The Labute approximate surface area is 85.2 Å². The third-order valence-corrected chi connectivity index (χ3v) is 3.16. The maximum absolute atomic E-state index is 9.62. The van der Waals surface area contributed by atoms with Gasteiger partial charge in [0.2, 0.25) is 0 Å². The number of phenolic OH excluding ortho intramolecular Hbond substituents is 1. The highest BCUT2D eigenvalue weighted by molar-refractivity contribution is 9.10. The van der Waals surface area contributed by atoms with Crippen molar-refractivity contribution in [3.8, 4) is 5.75 Å². The Morgan fingerprint density at radius 3 is 2.54 bits per heavy atom. The molecular weight excluding hydrogens is 232 g/mol. The first-order valence-electron chi connectivity index (χ1n) is 3.78. The first kappa shape index (κ1) is 10.1. The van der Waals surface area contributed by atoms with Crippen LogP contribution in [0.3, 0.4) is 0 Å². The smallest absolute Gasteiger partial charge is 0.130 e. The number of phenols is 1. The van der Waals surface area contributed by atoms with Gasteiger partial charge in [0, 0.05) is 10.0 Å². The lowest BCUT2D eigenvalue weighted by Gasteiger charge is -2.10. The first-order chi connectivity index (χ1) is 5.95. The SMILES string of the molecule is Cc1cc(C(=N)N)c(O)c(C)c1Br. The van der Waals surface area contributed by atoms with Crippen molar-refractivity contribution in [3.05, 3.63) is 27.2 Å². The summed E-state index contributed by atoms with van der Waals surface area (Å²) in [5.41, 5.74) is 7.37. The average molecular weight is 243 g/mol. The second-order valence-electron chi connectivity index (χ2n) is 2.94. The van der Waals surface area contributed by atoms with E-state index in [4.69, 9.17) is 11.1 Å². The number of hydrogen-bond acceptors (Lipinski definition) is 2. The monoisotopic (exact) mass is 242 g/mol. The molecule has 0 aliphatic heterocycles. The zero-order valence-electron chi connectivity index (χ0n) is 7.48. The van der Waals surface area contributed by atoms with Gasteiger partial charge in [-0.2, -0.15) is 0 Å². The fourth-order valence-electron chi connectivity index (χ4n) is 1.16. The molecule has 0 aromatic heterocycles. The Kier molecular flexibility index (Phi) is 2.61. The van der Waals surface area contributed by atoms with Crippen LogP contribution in [0.5, 0.6) is 5.75 Å². The van der Waals surface area contributed by atoms with Crippen LogP contribution in [0.1, 0.15) is 16.7 Å². The van der Waals surface area contributed by atoms with E-state index < -0.39 is 0 Å². The number of amidine groups is 1. The summed E-state index contributed by atoms with van der Waals surface area (Å²) in [6.07, 6.45) is 0. The lowest BCUT2D eigenvalue weighted by atomic mass is 10.1. The molecule has 3 nitrogen and oxygen atoms in total. The first-order valence-corrected chi connectivity index (χ1v) is 4.57. The van der Waals surface area contributed by atoms with Gasteiger partial charge in [0.15, 0.2) is 0 Å². The predicted octanol–water partition coefficient (Wildman–Crippen LogP) is 2.06. The van der Waals surface area contributed by atoms with Crippen LogP contribution in [0, 0.1) is 19.3 Å². The number of aromatic hydroxyl groups is 1. The Bertz CT molecular complexity index is 374. The summed E-state index contributed by atoms with van der Waals surface area (Å²) in [7, 11) is 0. The molecule has 0 atom stereocenters. The predicted molar refractivity (Wildman–Crippen MR) is 56.3 cm³/mol. The molecule has 0 spiro atoms. The zero-order chi connectivity index (χ0) is 10.2. The van der Waals surface area contributed by atoms with E-state index in [0.717, 1.165) is 10.0 Å². The van der Waals surface area contributed by atoms with E-state index >= 15 is 0 Å². The highest BCUT2D eigenvalue weighted by atomic mass is 79.9. The minimum atomic E-state index is -0.115. The van der Waals surface area contributed by atoms with Gasteiger partial charge in [-0.25, -0.2) is 0 Å². The van der Waals surface area contributed by atoms with Crippen LogP contribution in [-0.4, -0.2) is 10.9 Å². The minimum absolute atomic E-state index is 0.0741. The highest BCUT2D eigenvalue weighted by Crippen LogP contribution is 2.31. The molecule has 0 fully saturated rings. The number of nitrogen functional groups attached to an aromatic ring is 1. The number of halogens is 1. The molecule has 0 unspecified atom stereocenters. The van der Waals surface area contributed by atoms with E-state index in [1.54, 1.807) is 13.0 Å². The van der Waals surface area contributed by atoms with Gasteiger partial charge < -0.3 is 10.8 Å². The van der Waals surface area contributed by atoms with Gasteiger partial charge >= 0.3 is 0 Å². The molecule has 0 heterocycles. The maximum atomic E-state index is 9.62. The van der Waals surface area contributed by atoms with Gasteiger partial charge in [-0.15, -0.1) is 0 Å². The van der Waals surface area contributed by atoms with Crippen molar-refractivity contribution in [3.63, 3.8) is 0 Å². The van der Waals surface area contributed by atoms with Crippen LogP contribution in [0.4, 0.5) is 0 Å². The standard InChI is InChI=1S/C9H11BrN2O/c1-4-3-6(9(11)12)8(13)5(2)7(4)10/h3,13H,1-2H3,(H3,11,12). The molecule has 13 heavy (non-hydrogen) atoms. The van der Waals surface area contributed by atoms with Crippen LogP contribution in [-0.2, 0) is 0 Å². The normalized spacial score (nSPS) is 10.1. The molecule has 70 valence electrons. The lowest BCUT2D eigenvalue weighted by Crippen LogP contribution is -2.12. The Balaban J connectivity index is 3.50. The van der Waals surface area contributed by atoms with Gasteiger partial charge in [-0.1, -0.05) is 15.9 Å². The summed E-state index contributed by atoms with van der Waals surface area (Å²) in [4.78, 5) is 0. The number of rotatable bonds is 1. The molecule has 0 saturated carbocycles. The fraction of sp³-hybridized carbons (Fsp3) is 0.222. The van der Waals surface area contributed by atoms with Gasteiger partial charge in [0.25, 0.3) is 0 Å². The van der Waals surface area contributed by atoms with Crippen LogP contribution in [0.25, 0.3) is 0 Å². The maximum Gasteiger partial charge on any atom is 0.130 e. The van der Waals surface area contributed by atoms with E-state index in [9.17, 15) is 5.11 Å². The number of hydrogen-bond donors (Lipinski definition) is 3. The average Bonchev–Trinajstić information content (AvgIpc) is 2.07. The second kappa shape index (κ2) is 3.38. The van der Waals surface area contributed by atoms with Crippen molar-refractivity contribution in [2.75, 3.05) is 0 Å². The molecule has 0 radical (unpaired) electrons. The summed E-state index contributed by atoms with van der Waals surface area (Å²) in [6, 6.07) is 1.69. The van der Waals surface area contributed by atoms with Crippen LogP contribution in [0.2, 0.25) is 0 Å². The Morgan fingerprint density at radius 1 is 1.54 bits per heavy atom. The van der Waals surface area contributed by atoms with Crippen molar-refractivity contribution in [1.29, 1.82) is 5.41 Å². The molecule has 1 aromatic rings. The van der Waals surface area contributed by atoms with E-state index in [-0.39, 0.29) is 11.6 Å². The topological polar surface area (TPSA) is 70.1 Å². The second-order valence-corrected chi connectivity index (χ2v) is 3.74. The highest BCUT2D eigenvalue weighted by Gasteiger charge is 2.11. The van der Waals surface area contributed by atoms with E-state index in [2.05, 4.69) is 15.9 Å². The molecule has 4 N–H and O–H groups in total. The zero-order valence-corrected chi connectivity index (χ0v) is 9.07. The van der Waals surface area contributed by atoms with Crippen LogP contribution < -0.4 is 5.73 Å². The minimum Gasteiger partial charge on any atom is -0.507 e. The molecule has 1 aromatic carbocycles. The van der Waals surface area contributed by atoms with E-state index in [1.807, 2.05) is 6.92 Å². The third kappa shape index (κ3) is 1.67. The number of benzene rings is 1. The van der Waals surface area contributed by atoms with E-state index in [1.165, 1.54) is 0 Å². The lowest BCUT2D eigenvalue weighted by molar-refractivity contribution is 0.469. The molecule has 1 rings (SSSR count). The van der Waals surface area contributed by atoms with Crippen molar-refractivity contribution in [2.24, 2.45) is 5.73 Å². The molecule has 0 bridgehead atoms. The van der Waals surface area contributed by atoms with Crippen molar-refractivity contribution in [1.82, 2.24) is 0 Å². The summed E-state index contributed by atoms with van der Waals surface area (Å²) in [5, 5.41) is 16.9. The molecule has 0 saturated heterocycles. The third-order valence-electron chi connectivity index (χ3n) is 1.94. The number of nitrogens with one attached hydrogen (secondary N) is 1. The molecule has 0 aliphatic carbocycles. The molecule has 0 amide bonds. The summed E-state index contributed by atoms with van der Waals surface area (Å²) >= 11 is 3.34. The van der Waals surface area contributed by atoms with Crippen molar-refractivity contribution < 1.29 is 5.11 Å². The van der Waals surface area contributed by atoms with Crippen LogP contribution >= 0.6 is 15.9 Å². The van der Waals surface area contributed by atoms with Crippen molar-refractivity contribution >= 4 is 21.8 Å². The van der Waals surface area contributed by atoms with Crippen molar-refractivity contribution in [2.45, 2.75) is 13.8 Å². The Hall–Kier alpha value is -1.03. The van der Waals surface area contributed by atoms with Gasteiger partial charge in [-0.05, 0) is 25.5 Å². The van der Waals surface area contributed by atoms with Crippen LogP contribution in [0.15, 0.2) is 10.5 Å². The number of aryl methyl sites for hydroxylation is 1. The summed E-state index contributed by atoms with van der Waals surface area (Å²) < 4.78 is 0.856. The molecular formula is C9H11BrN2O. The molecule has 4 heteroatoms. The quantitative estimate of drug-likeness (QED) is 0.521. The summed E-state index contributed by atoms with van der Waals surface area (Å²) in [5.74, 6) is -0.0406. The van der Waals surface area contributed by atoms with E-state index in [0.29, 0.717) is 11.1 Å². The van der Waals surface area contributed by atoms with Gasteiger partial charge in [-0.3, -0.25) is 5.41 Å². The number of nitrogens with two attached hydrogens (primary N) is 1. The fourth-order valence-corrected chi connectivity index (χ4v) is 1.46.